The van der Waals surface area contributed by atoms with Crippen molar-refractivity contribution in [2.24, 2.45) is 0 Å². The van der Waals surface area contributed by atoms with Gasteiger partial charge in [-0.3, -0.25) is 13.9 Å². The molecule has 0 aromatic heterocycles. The van der Waals surface area contributed by atoms with Crippen LogP contribution in [0.4, 0.5) is 10.1 Å². The third-order valence-electron chi connectivity index (χ3n) is 6.17. The quantitative estimate of drug-likeness (QED) is 0.298. The Hall–Kier alpha value is -3.43. The van der Waals surface area contributed by atoms with E-state index in [1.54, 1.807) is 12.1 Å². The lowest BCUT2D eigenvalue weighted by Gasteiger charge is -2.33. The number of carbonyl (C=O) groups excluding carboxylic acids is 2. The van der Waals surface area contributed by atoms with Crippen molar-refractivity contribution in [3.05, 3.63) is 101 Å². The van der Waals surface area contributed by atoms with Gasteiger partial charge in [0.2, 0.25) is 21.8 Å². The average molecular weight is 574 g/mol. The van der Waals surface area contributed by atoms with Crippen LogP contribution in [-0.2, 0) is 32.6 Å². The van der Waals surface area contributed by atoms with Crippen molar-refractivity contribution < 1.29 is 22.4 Å². The third kappa shape index (κ3) is 8.80. The zero-order valence-corrected chi connectivity index (χ0v) is 23.6. The molecule has 10 heteroatoms. The second-order valence-corrected chi connectivity index (χ2v) is 11.5. The van der Waals surface area contributed by atoms with Crippen molar-refractivity contribution >= 4 is 39.1 Å². The van der Waals surface area contributed by atoms with Crippen LogP contribution in [0.2, 0.25) is 5.02 Å². The van der Waals surface area contributed by atoms with Gasteiger partial charge in [-0.05, 0) is 41.8 Å². The van der Waals surface area contributed by atoms with Crippen LogP contribution in [-0.4, -0.2) is 50.5 Å². The first-order valence-electron chi connectivity index (χ1n) is 12.7. The standard InChI is InChI=1S/C29H33ClFN3O4S/c1-3-4-18-32-29(36)27(19-22-10-6-5-7-11-22)33(20-23-14-16-24(31)17-15-23)28(35)21-34(39(2,37)38)26-13-9-8-12-25(26)30/h5-17,27H,3-4,18-21H2,1-2H3,(H,32,36)/t27-/m1/s1. The number of amides is 2. The molecule has 0 heterocycles. The van der Waals surface area contributed by atoms with E-state index in [4.69, 9.17) is 11.6 Å². The van der Waals surface area contributed by atoms with Crippen molar-refractivity contribution in [3.8, 4) is 0 Å². The fraction of sp³-hybridized carbons (Fsp3) is 0.310. The minimum Gasteiger partial charge on any atom is -0.354 e. The van der Waals surface area contributed by atoms with Gasteiger partial charge in [-0.15, -0.1) is 0 Å². The number of para-hydroxylation sites is 1. The first kappa shape index (κ1) is 30.1. The van der Waals surface area contributed by atoms with E-state index in [0.29, 0.717) is 12.1 Å². The normalized spacial score (nSPS) is 12.0. The highest BCUT2D eigenvalue weighted by Gasteiger charge is 2.33. The Bertz CT molecular complexity index is 1350. The monoisotopic (exact) mass is 573 g/mol. The number of unbranched alkanes of at least 4 members (excludes halogenated alkanes) is 1. The molecule has 3 rings (SSSR count). The van der Waals surface area contributed by atoms with Gasteiger partial charge in [0.25, 0.3) is 0 Å². The minimum atomic E-state index is -3.92. The summed E-state index contributed by atoms with van der Waals surface area (Å²) in [5.74, 6) is -1.39. The number of halogens is 2. The molecule has 0 spiro atoms. The molecule has 0 saturated heterocycles. The number of anilines is 1. The van der Waals surface area contributed by atoms with Crippen LogP contribution in [0.3, 0.4) is 0 Å². The van der Waals surface area contributed by atoms with Gasteiger partial charge in [-0.25, -0.2) is 12.8 Å². The van der Waals surface area contributed by atoms with E-state index in [0.717, 1.165) is 29.0 Å². The van der Waals surface area contributed by atoms with Crippen LogP contribution in [0.25, 0.3) is 0 Å². The molecule has 0 fully saturated rings. The number of hydrogen-bond donors (Lipinski definition) is 1. The topological polar surface area (TPSA) is 86.8 Å². The number of benzene rings is 3. The number of nitrogens with zero attached hydrogens (tertiary/aromatic N) is 2. The molecule has 3 aromatic carbocycles. The maximum atomic E-state index is 13.9. The Balaban J connectivity index is 2.03. The van der Waals surface area contributed by atoms with E-state index in [1.807, 2.05) is 37.3 Å². The maximum Gasteiger partial charge on any atom is 0.244 e. The highest BCUT2D eigenvalue weighted by Crippen LogP contribution is 2.27. The Kier molecular flexibility index (Phi) is 10.9. The molecule has 0 aliphatic rings. The fourth-order valence-corrected chi connectivity index (χ4v) is 5.24. The van der Waals surface area contributed by atoms with Crippen molar-refractivity contribution in [2.75, 3.05) is 23.7 Å². The van der Waals surface area contributed by atoms with Crippen molar-refractivity contribution in [1.29, 1.82) is 0 Å². The van der Waals surface area contributed by atoms with Crippen LogP contribution < -0.4 is 9.62 Å². The van der Waals surface area contributed by atoms with E-state index in [9.17, 15) is 22.4 Å². The molecule has 0 aliphatic heterocycles. The summed E-state index contributed by atoms with van der Waals surface area (Å²) < 4.78 is 40.1. The molecule has 0 radical (unpaired) electrons. The van der Waals surface area contributed by atoms with Crippen molar-refractivity contribution in [2.45, 2.75) is 38.8 Å². The summed E-state index contributed by atoms with van der Waals surface area (Å²) in [5, 5.41) is 3.08. The van der Waals surface area contributed by atoms with Crippen LogP contribution in [0.15, 0.2) is 78.9 Å². The lowest BCUT2D eigenvalue weighted by Crippen LogP contribution is -2.53. The predicted molar refractivity (Wildman–Crippen MR) is 152 cm³/mol. The maximum absolute atomic E-state index is 13.9. The molecule has 1 N–H and O–H groups in total. The highest BCUT2D eigenvalue weighted by molar-refractivity contribution is 7.92. The summed E-state index contributed by atoms with van der Waals surface area (Å²) in [6, 6.07) is 20.3. The van der Waals surface area contributed by atoms with Crippen molar-refractivity contribution in [3.63, 3.8) is 0 Å². The third-order valence-corrected chi connectivity index (χ3v) is 7.61. The zero-order chi connectivity index (χ0) is 28.4. The van der Waals surface area contributed by atoms with Crippen LogP contribution in [0, 0.1) is 5.82 Å². The molecule has 208 valence electrons. The first-order valence-corrected chi connectivity index (χ1v) is 14.9. The van der Waals surface area contributed by atoms with Crippen LogP contribution in [0.1, 0.15) is 30.9 Å². The molecule has 0 bridgehead atoms. The summed E-state index contributed by atoms with van der Waals surface area (Å²) in [6.07, 6.45) is 2.84. The molecule has 0 aliphatic carbocycles. The number of nitrogens with one attached hydrogen (secondary N) is 1. The van der Waals surface area contributed by atoms with Gasteiger partial charge in [0, 0.05) is 19.5 Å². The summed E-state index contributed by atoms with van der Waals surface area (Å²) in [5.41, 5.74) is 1.58. The number of sulfonamides is 1. The molecular formula is C29H33ClFN3O4S. The number of carbonyl (C=O) groups is 2. The molecule has 0 unspecified atom stereocenters. The summed E-state index contributed by atoms with van der Waals surface area (Å²) in [4.78, 5) is 28.8. The predicted octanol–water partition coefficient (Wildman–Crippen LogP) is 4.80. The van der Waals surface area contributed by atoms with Crippen LogP contribution >= 0.6 is 11.6 Å². The van der Waals surface area contributed by atoms with Crippen molar-refractivity contribution in [1.82, 2.24) is 10.2 Å². The van der Waals surface area contributed by atoms with E-state index in [-0.39, 0.29) is 29.6 Å². The van der Waals surface area contributed by atoms with Crippen LogP contribution in [0.5, 0.6) is 0 Å². The molecular weight excluding hydrogens is 541 g/mol. The van der Waals surface area contributed by atoms with E-state index < -0.39 is 34.3 Å². The second kappa shape index (κ2) is 14.1. The van der Waals surface area contributed by atoms with Gasteiger partial charge in [0.15, 0.2) is 0 Å². The molecule has 39 heavy (non-hydrogen) atoms. The van der Waals surface area contributed by atoms with Gasteiger partial charge in [-0.1, -0.05) is 79.5 Å². The lowest BCUT2D eigenvalue weighted by atomic mass is 10.0. The fourth-order valence-electron chi connectivity index (χ4n) is 4.10. The Labute approximate surface area is 234 Å². The zero-order valence-electron chi connectivity index (χ0n) is 22.0. The summed E-state index contributed by atoms with van der Waals surface area (Å²) >= 11 is 6.29. The van der Waals surface area contributed by atoms with Gasteiger partial charge in [0.05, 0.1) is 17.0 Å². The molecule has 1 atom stereocenters. The SMILES string of the molecule is CCCCNC(=O)[C@@H](Cc1ccccc1)N(Cc1ccc(F)cc1)C(=O)CN(c1ccccc1Cl)S(C)(=O)=O. The molecule has 3 aromatic rings. The van der Waals surface area contributed by atoms with E-state index in [1.165, 1.54) is 41.3 Å². The number of hydrogen-bond acceptors (Lipinski definition) is 4. The van der Waals surface area contributed by atoms with E-state index >= 15 is 0 Å². The second-order valence-electron chi connectivity index (χ2n) is 9.22. The highest BCUT2D eigenvalue weighted by atomic mass is 35.5. The van der Waals surface area contributed by atoms with Gasteiger partial charge < -0.3 is 10.2 Å². The summed E-state index contributed by atoms with van der Waals surface area (Å²) in [6.45, 7) is 1.84. The first-order chi connectivity index (χ1) is 18.6. The van der Waals surface area contributed by atoms with Gasteiger partial charge in [-0.2, -0.15) is 0 Å². The molecule has 7 nitrogen and oxygen atoms in total. The largest absolute Gasteiger partial charge is 0.354 e. The molecule has 2 amide bonds. The Morgan fingerprint density at radius 3 is 2.21 bits per heavy atom. The Morgan fingerprint density at radius 1 is 0.949 bits per heavy atom. The van der Waals surface area contributed by atoms with Gasteiger partial charge in [0.1, 0.15) is 18.4 Å². The number of rotatable bonds is 13. The average Bonchev–Trinajstić information content (AvgIpc) is 2.91. The Morgan fingerprint density at radius 2 is 1.59 bits per heavy atom. The minimum absolute atomic E-state index is 0.0298. The lowest BCUT2D eigenvalue weighted by molar-refractivity contribution is -0.140. The summed E-state index contributed by atoms with van der Waals surface area (Å²) in [7, 11) is -3.92. The van der Waals surface area contributed by atoms with Gasteiger partial charge >= 0.3 is 0 Å². The molecule has 0 saturated carbocycles. The van der Waals surface area contributed by atoms with E-state index in [2.05, 4.69) is 5.32 Å². The smallest absolute Gasteiger partial charge is 0.244 e.